The molecule has 0 spiro atoms. The lowest BCUT2D eigenvalue weighted by Gasteiger charge is -2.32. The minimum Gasteiger partial charge on any atom is -0.338 e. The molecule has 26 heavy (non-hydrogen) atoms. The van der Waals surface area contributed by atoms with Gasteiger partial charge in [-0.15, -0.1) is 5.10 Å². The van der Waals surface area contributed by atoms with E-state index in [0.717, 1.165) is 0 Å². The molecule has 134 valence electrons. The lowest BCUT2D eigenvalue weighted by atomic mass is 10.0. The number of likely N-dealkylation sites (tertiary alicyclic amines) is 1. The SMILES string of the molecule is O=C(c1ccncc1)N1CCC(n2nc(F)c3nc(Cl)[nH]c(=O)c32)CC1. The lowest BCUT2D eigenvalue weighted by molar-refractivity contribution is 0.0690. The van der Waals surface area contributed by atoms with Gasteiger partial charge in [0.2, 0.25) is 5.28 Å². The Kier molecular flexibility index (Phi) is 4.15. The van der Waals surface area contributed by atoms with Crippen LogP contribution in [0, 0.1) is 5.95 Å². The highest BCUT2D eigenvalue weighted by Gasteiger charge is 2.28. The van der Waals surface area contributed by atoms with Gasteiger partial charge >= 0.3 is 0 Å². The van der Waals surface area contributed by atoms with Crippen molar-refractivity contribution in [2.24, 2.45) is 0 Å². The number of H-pyrrole nitrogens is 1. The van der Waals surface area contributed by atoms with Gasteiger partial charge in [0.25, 0.3) is 17.4 Å². The Balaban J connectivity index is 1.57. The minimum atomic E-state index is -0.830. The first-order valence-electron chi connectivity index (χ1n) is 8.07. The Morgan fingerprint density at radius 1 is 1.27 bits per heavy atom. The number of aromatic nitrogens is 5. The van der Waals surface area contributed by atoms with Gasteiger partial charge < -0.3 is 4.90 Å². The number of nitrogens with one attached hydrogen (secondary N) is 1. The first kappa shape index (κ1) is 16.6. The van der Waals surface area contributed by atoms with Crippen LogP contribution in [0.4, 0.5) is 4.39 Å². The van der Waals surface area contributed by atoms with E-state index in [4.69, 9.17) is 11.6 Å². The van der Waals surface area contributed by atoms with Crippen molar-refractivity contribution in [1.82, 2.24) is 29.6 Å². The molecule has 0 bridgehead atoms. The number of fused-ring (bicyclic) bond motifs is 1. The minimum absolute atomic E-state index is 0.0609. The Morgan fingerprint density at radius 2 is 1.96 bits per heavy atom. The fourth-order valence-electron chi connectivity index (χ4n) is 3.24. The van der Waals surface area contributed by atoms with Crippen molar-refractivity contribution in [3.8, 4) is 0 Å². The van der Waals surface area contributed by atoms with Crippen molar-refractivity contribution in [3.63, 3.8) is 0 Å². The summed E-state index contributed by atoms with van der Waals surface area (Å²) in [5, 5.41) is 3.66. The Morgan fingerprint density at radius 3 is 2.65 bits per heavy atom. The van der Waals surface area contributed by atoms with Gasteiger partial charge in [0, 0.05) is 31.0 Å². The van der Waals surface area contributed by atoms with Crippen LogP contribution in [0.3, 0.4) is 0 Å². The molecule has 1 amide bonds. The van der Waals surface area contributed by atoms with Crippen molar-refractivity contribution < 1.29 is 9.18 Å². The standard InChI is InChI=1S/C16H14ClFN6O2/c17-16-20-11-12(14(25)21-16)24(22-13(11)18)10-3-7-23(8-4-10)15(26)9-1-5-19-6-2-9/h1-2,5-6,10H,3-4,7-8H2,(H,20,21,25). The van der Waals surface area contributed by atoms with E-state index < -0.39 is 11.5 Å². The number of aromatic amines is 1. The number of carbonyl (C=O) groups excluding carboxylic acids is 1. The van der Waals surface area contributed by atoms with Crippen LogP contribution < -0.4 is 5.56 Å². The van der Waals surface area contributed by atoms with Crippen LogP contribution in [0.1, 0.15) is 29.2 Å². The summed E-state index contributed by atoms with van der Waals surface area (Å²) < 4.78 is 15.4. The maximum Gasteiger partial charge on any atom is 0.278 e. The fraction of sp³-hybridized carbons (Fsp3) is 0.312. The quantitative estimate of drug-likeness (QED) is 0.688. The molecule has 3 aromatic rings. The van der Waals surface area contributed by atoms with Crippen LogP contribution in [0.5, 0.6) is 0 Å². The summed E-state index contributed by atoms with van der Waals surface area (Å²) in [6.45, 7) is 0.960. The molecule has 0 saturated carbocycles. The van der Waals surface area contributed by atoms with Crippen LogP contribution >= 0.6 is 11.6 Å². The van der Waals surface area contributed by atoms with Crippen LogP contribution in [-0.4, -0.2) is 48.6 Å². The summed E-state index contributed by atoms with van der Waals surface area (Å²) in [6, 6.07) is 3.13. The molecule has 0 atom stereocenters. The molecule has 1 N–H and O–H groups in total. The van der Waals surface area contributed by atoms with Gasteiger partial charge in [-0.25, -0.2) is 4.98 Å². The van der Waals surface area contributed by atoms with Gasteiger partial charge in [-0.05, 0) is 36.6 Å². The average molecular weight is 377 g/mol. The number of pyridine rings is 1. The van der Waals surface area contributed by atoms with Crippen LogP contribution in [0.2, 0.25) is 5.28 Å². The first-order valence-corrected chi connectivity index (χ1v) is 8.45. The summed E-state index contributed by atoms with van der Waals surface area (Å²) >= 11 is 5.68. The molecule has 3 aromatic heterocycles. The third kappa shape index (κ3) is 2.84. The molecule has 0 aliphatic carbocycles. The molecule has 4 rings (SSSR count). The molecule has 1 saturated heterocycles. The van der Waals surface area contributed by atoms with Gasteiger partial charge in [-0.2, -0.15) is 4.39 Å². The second-order valence-electron chi connectivity index (χ2n) is 6.05. The van der Waals surface area contributed by atoms with E-state index in [1.807, 2.05) is 0 Å². The number of piperidine rings is 1. The molecule has 0 radical (unpaired) electrons. The highest BCUT2D eigenvalue weighted by molar-refractivity contribution is 6.28. The largest absolute Gasteiger partial charge is 0.338 e. The highest BCUT2D eigenvalue weighted by atomic mass is 35.5. The summed E-state index contributed by atoms with van der Waals surface area (Å²) in [5.41, 5.74) is -0.0455. The van der Waals surface area contributed by atoms with E-state index in [9.17, 15) is 14.0 Å². The second-order valence-corrected chi connectivity index (χ2v) is 6.41. The zero-order valence-electron chi connectivity index (χ0n) is 13.5. The molecule has 0 unspecified atom stereocenters. The van der Waals surface area contributed by atoms with E-state index in [1.165, 1.54) is 4.68 Å². The van der Waals surface area contributed by atoms with E-state index in [0.29, 0.717) is 31.5 Å². The van der Waals surface area contributed by atoms with Gasteiger partial charge in [0.15, 0.2) is 11.0 Å². The van der Waals surface area contributed by atoms with Gasteiger partial charge in [0.1, 0.15) is 0 Å². The van der Waals surface area contributed by atoms with E-state index in [2.05, 4.69) is 20.1 Å². The summed E-state index contributed by atoms with van der Waals surface area (Å²) in [5.74, 6) is -0.906. The van der Waals surface area contributed by atoms with Crippen LogP contribution in [-0.2, 0) is 0 Å². The van der Waals surface area contributed by atoms with Crippen LogP contribution in [0.15, 0.2) is 29.3 Å². The second kappa shape index (κ2) is 6.49. The van der Waals surface area contributed by atoms with Crippen molar-refractivity contribution in [2.75, 3.05) is 13.1 Å². The Labute approximate surface area is 151 Å². The molecular weight excluding hydrogens is 363 g/mol. The third-order valence-corrected chi connectivity index (χ3v) is 4.69. The number of hydrogen-bond donors (Lipinski definition) is 1. The summed E-state index contributed by atoms with van der Waals surface area (Å²) in [4.78, 5) is 36.4. The van der Waals surface area contributed by atoms with Crippen molar-refractivity contribution in [1.29, 1.82) is 0 Å². The molecule has 10 heteroatoms. The number of halogens is 2. The molecule has 1 aliphatic rings. The number of hydrogen-bond acceptors (Lipinski definition) is 5. The Hall–Kier alpha value is -2.81. The first-order chi connectivity index (χ1) is 12.5. The van der Waals surface area contributed by atoms with Crippen molar-refractivity contribution >= 4 is 28.5 Å². The average Bonchev–Trinajstić information content (AvgIpc) is 2.99. The van der Waals surface area contributed by atoms with Gasteiger partial charge in [-0.1, -0.05) is 0 Å². The molecule has 4 heterocycles. The number of amides is 1. The van der Waals surface area contributed by atoms with Crippen LogP contribution in [0.25, 0.3) is 11.0 Å². The maximum atomic E-state index is 14.1. The van der Waals surface area contributed by atoms with E-state index in [1.54, 1.807) is 29.4 Å². The zero-order valence-corrected chi connectivity index (χ0v) is 14.3. The maximum absolute atomic E-state index is 14.1. The third-order valence-electron chi connectivity index (χ3n) is 4.51. The topological polar surface area (TPSA) is 96.8 Å². The smallest absolute Gasteiger partial charge is 0.278 e. The predicted octanol–water partition coefficient (Wildman–Crippen LogP) is 1.78. The van der Waals surface area contributed by atoms with E-state index >= 15 is 0 Å². The van der Waals surface area contributed by atoms with E-state index in [-0.39, 0.29) is 28.3 Å². The lowest BCUT2D eigenvalue weighted by Crippen LogP contribution is -2.39. The highest BCUT2D eigenvalue weighted by Crippen LogP contribution is 2.26. The Bertz CT molecular complexity index is 1030. The molecule has 1 aliphatic heterocycles. The monoisotopic (exact) mass is 376 g/mol. The molecule has 8 nitrogen and oxygen atoms in total. The number of carbonyl (C=O) groups is 1. The summed E-state index contributed by atoms with van der Waals surface area (Å²) in [7, 11) is 0. The summed E-state index contributed by atoms with van der Waals surface area (Å²) in [6.07, 6.45) is 4.25. The normalized spacial score (nSPS) is 15.5. The number of nitrogens with zero attached hydrogens (tertiary/aromatic N) is 5. The fourth-order valence-corrected chi connectivity index (χ4v) is 3.41. The van der Waals surface area contributed by atoms with Crippen molar-refractivity contribution in [3.05, 3.63) is 51.7 Å². The van der Waals surface area contributed by atoms with Gasteiger partial charge in [0.05, 0.1) is 6.04 Å². The van der Waals surface area contributed by atoms with Gasteiger partial charge in [-0.3, -0.25) is 24.2 Å². The zero-order chi connectivity index (χ0) is 18.3. The van der Waals surface area contributed by atoms with Crippen molar-refractivity contribution in [2.45, 2.75) is 18.9 Å². The molecule has 1 fully saturated rings. The number of rotatable bonds is 2. The predicted molar refractivity (Wildman–Crippen MR) is 91.5 cm³/mol. The molecule has 0 aromatic carbocycles. The molecular formula is C16H14ClFN6O2.